The van der Waals surface area contributed by atoms with Gasteiger partial charge in [0.05, 0.1) is 0 Å². The Bertz CT molecular complexity index is 461. The number of amides is 1. The molecule has 0 radical (unpaired) electrons. The lowest BCUT2D eigenvalue weighted by molar-refractivity contribution is -0.136. The van der Waals surface area contributed by atoms with Crippen LogP contribution in [0.2, 0.25) is 0 Å². The van der Waals surface area contributed by atoms with Gasteiger partial charge in [-0.05, 0) is 30.0 Å². The van der Waals surface area contributed by atoms with Crippen molar-refractivity contribution < 1.29 is 14.3 Å². The van der Waals surface area contributed by atoms with Gasteiger partial charge in [-0.3, -0.25) is 4.79 Å². The normalized spacial score (nSPS) is 10.9. The van der Waals surface area contributed by atoms with Crippen LogP contribution < -0.4 is 10.1 Å². The monoisotopic (exact) mass is 263 g/mol. The van der Waals surface area contributed by atoms with Gasteiger partial charge < -0.3 is 10.1 Å². The van der Waals surface area contributed by atoms with Crippen LogP contribution >= 0.6 is 0 Å². The van der Waals surface area contributed by atoms with E-state index in [0.717, 1.165) is 5.56 Å². The van der Waals surface area contributed by atoms with Crippen molar-refractivity contribution in [2.24, 2.45) is 5.41 Å². The highest BCUT2D eigenvalue weighted by molar-refractivity contribution is 5.83. The summed E-state index contributed by atoms with van der Waals surface area (Å²) in [5.74, 6) is -0.114. The third-order valence-corrected chi connectivity index (χ3v) is 2.34. The Hall–Kier alpha value is -1.84. The molecular formula is C15H21NO3. The molecular weight excluding hydrogens is 242 g/mol. The van der Waals surface area contributed by atoms with Gasteiger partial charge in [0.2, 0.25) is 5.91 Å². The fourth-order valence-corrected chi connectivity index (χ4v) is 1.56. The number of hydrogen-bond acceptors (Lipinski definition) is 3. The van der Waals surface area contributed by atoms with Crippen LogP contribution in [0.1, 0.15) is 32.8 Å². The van der Waals surface area contributed by atoms with E-state index in [0.29, 0.717) is 12.2 Å². The van der Waals surface area contributed by atoms with Gasteiger partial charge in [-0.1, -0.05) is 32.9 Å². The summed E-state index contributed by atoms with van der Waals surface area (Å²) in [6.07, 6.45) is 0.380. The second-order valence-corrected chi connectivity index (χ2v) is 5.80. The van der Waals surface area contributed by atoms with Crippen LogP contribution in [0, 0.1) is 12.3 Å². The van der Waals surface area contributed by atoms with Gasteiger partial charge in [0, 0.05) is 6.42 Å². The molecule has 0 unspecified atom stereocenters. The molecule has 0 fully saturated rings. The van der Waals surface area contributed by atoms with Crippen molar-refractivity contribution in [2.75, 3.05) is 6.54 Å². The van der Waals surface area contributed by atoms with E-state index in [1.807, 2.05) is 39.8 Å². The summed E-state index contributed by atoms with van der Waals surface area (Å²) in [7, 11) is 0. The van der Waals surface area contributed by atoms with E-state index < -0.39 is 5.97 Å². The van der Waals surface area contributed by atoms with Crippen molar-refractivity contribution in [2.45, 2.75) is 34.1 Å². The third-order valence-electron chi connectivity index (χ3n) is 2.34. The Kier molecular flexibility index (Phi) is 5.10. The van der Waals surface area contributed by atoms with Gasteiger partial charge in [0.1, 0.15) is 12.3 Å². The molecule has 0 aliphatic rings. The number of esters is 1. The zero-order chi connectivity index (χ0) is 14.5. The zero-order valence-electron chi connectivity index (χ0n) is 11.9. The average Bonchev–Trinajstić information content (AvgIpc) is 2.24. The summed E-state index contributed by atoms with van der Waals surface area (Å²) in [6, 6.07) is 7.22. The number of rotatable bonds is 4. The lowest BCUT2D eigenvalue weighted by atomic mass is 9.92. The first kappa shape index (κ1) is 15.2. The Morgan fingerprint density at radius 3 is 2.53 bits per heavy atom. The standard InChI is InChI=1S/C15H21NO3/c1-11-6-5-7-12(8-11)19-14(18)10-16-13(17)9-15(2,3)4/h5-8H,9-10H2,1-4H3,(H,16,17). The summed E-state index contributed by atoms with van der Waals surface area (Å²) in [6.45, 7) is 7.72. The predicted octanol–water partition coefficient (Wildman–Crippen LogP) is 2.45. The fourth-order valence-electron chi connectivity index (χ4n) is 1.56. The van der Waals surface area contributed by atoms with E-state index in [4.69, 9.17) is 4.74 Å². The van der Waals surface area contributed by atoms with Crippen molar-refractivity contribution in [3.05, 3.63) is 29.8 Å². The first-order valence-corrected chi connectivity index (χ1v) is 6.30. The highest BCUT2D eigenvalue weighted by Gasteiger charge is 2.16. The molecule has 0 aliphatic heterocycles. The fraction of sp³-hybridized carbons (Fsp3) is 0.467. The first-order valence-electron chi connectivity index (χ1n) is 6.30. The van der Waals surface area contributed by atoms with E-state index in [-0.39, 0.29) is 17.9 Å². The number of aryl methyl sites for hydroxylation is 1. The second kappa shape index (κ2) is 6.36. The Morgan fingerprint density at radius 1 is 1.26 bits per heavy atom. The van der Waals surface area contributed by atoms with Gasteiger partial charge >= 0.3 is 5.97 Å². The number of carbonyl (C=O) groups excluding carboxylic acids is 2. The van der Waals surface area contributed by atoms with E-state index in [1.54, 1.807) is 12.1 Å². The van der Waals surface area contributed by atoms with Crippen molar-refractivity contribution >= 4 is 11.9 Å². The third kappa shape index (κ3) is 6.60. The maximum absolute atomic E-state index is 11.6. The van der Waals surface area contributed by atoms with Crippen LogP contribution in [0.25, 0.3) is 0 Å². The minimum atomic E-state index is -0.465. The zero-order valence-corrected chi connectivity index (χ0v) is 11.9. The van der Waals surface area contributed by atoms with Crippen LogP contribution in [-0.4, -0.2) is 18.4 Å². The predicted molar refractivity (Wildman–Crippen MR) is 73.9 cm³/mol. The van der Waals surface area contributed by atoms with Crippen molar-refractivity contribution in [1.29, 1.82) is 0 Å². The molecule has 1 N–H and O–H groups in total. The largest absolute Gasteiger partial charge is 0.425 e. The van der Waals surface area contributed by atoms with Crippen molar-refractivity contribution in [3.63, 3.8) is 0 Å². The Morgan fingerprint density at radius 2 is 1.95 bits per heavy atom. The SMILES string of the molecule is Cc1cccc(OC(=O)CNC(=O)CC(C)(C)C)c1. The minimum absolute atomic E-state index is 0.0927. The first-order chi connectivity index (χ1) is 8.76. The van der Waals surface area contributed by atoms with E-state index in [1.165, 1.54) is 0 Å². The molecule has 0 atom stereocenters. The highest BCUT2D eigenvalue weighted by atomic mass is 16.5. The van der Waals surface area contributed by atoms with E-state index >= 15 is 0 Å². The number of carbonyl (C=O) groups is 2. The molecule has 0 saturated carbocycles. The molecule has 1 aromatic carbocycles. The van der Waals surface area contributed by atoms with Crippen LogP contribution in [-0.2, 0) is 9.59 Å². The molecule has 19 heavy (non-hydrogen) atoms. The number of ether oxygens (including phenoxy) is 1. The second-order valence-electron chi connectivity index (χ2n) is 5.80. The van der Waals surface area contributed by atoms with E-state index in [2.05, 4.69) is 5.32 Å². The molecule has 4 nitrogen and oxygen atoms in total. The molecule has 104 valence electrons. The lowest BCUT2D eigenvalue weighted by Gasteiger charge is -2.16. The molecule has 0 aromatic heterocycles. The quantitative estimate of drug-likeness (QED) is 0.670. The smallest absolute Gasteiger partial charge is 0.330 e. The summed E-state index contributed by atoms with van der Waals surface area (Å²) < 4.78 is 5.12. The Labute approximate surface area is 114 Å². The molecule has 0 bridgehead atoms. The molecule has 4 heteroatoms. The number of hydrogen-bond donors (Lipinski definition) is 1. The van der Waals surface area contributed by atoms with Crippen molar-refractivity contribution in [1.82, 2.24) is 5.32 Å². The lowest BCUT2D eigenvalue weighted by Crippen LogP contribution is -2.33. The van der Waals surface area contributed by atoms with Crippen LogP contribution in [0.3, 0.4) is 0 Å². The summed E-state index contributed by atoms with van der Waals surface area (Å²) in [5, 5.41) is 2.56. The summed E-state index contributed by atoms with van der Waals surface area (Å²) in [5.41, 5.74) is 0.923. The van der Waals surface area contributed by atoms with Gasteiger partial charge in [-0.25, -0.2) is 4.79 Å². The van der Waals surface area contributed by atoms with Crippen molar-refractivity contribution in [3.8, 4) is 5.75 Å². The van der Waals surface area contributed by atoms with Gasteiger partial charge in [-0.2, -0.15) is 0 Å². The maximum Gasteiger partial charge on any atom is 0.330 e. The van der Waals surface area contributed by atoms with Crippen LogP contribution in [0.5, 0.6) is 5.75 Å². The molecule has 1 rings (SSSR count). The molecule has 0 spiro atoms. The van der Waals surface area contributed by atoms with E-state index in [9.17, 15) is 9.59 Å². The summed E-state index contributed by atoms with van der Waals surface area (Å²) >= 11 is 0. The van der Waals surface area contributed by atoms with Gasteiger partial charge in [0.25, 0.3) is 0 Å². The minimum Gasteiger partial charge on any atom is -0.425 e. The number of nitrogens with one attached hydrogen (secondary N) is 1. The highest BCUT2D eigenvalue weighted by Crippen LogP contribution is 2.17. The van der Waals surface area contributed by atoms with Crippen LogP contribution in [0.15, 0.2) is 24.3 Å². The summed E-state index contributed by atoms with van der Waals surface area (Å²) in [4.78, 5) is 23.1. The topological polar surface area (TPSA) is 55.4 Å². The van der Waals surface area contributed by atoms with Gasteiger partial charge in [-0.15, -0.1) is 0 Å². The molecule has 1 aromatic rings. The molecule has 0 aliphatic carbocycles. The maximum atomic E-state index is 11.6. The average molecular weight is 263 g/mol. The molecule has 0 saturated heterocycles. The molecule has 1 amide bonds. The number of benzene rings is 1. The molecule has 0 heterocycles. The Balaban J connectivity index is 2.38. The van der Waals surface area contributed by atoms with Crippen LogP contribution in [0.4, 0.5) is 0 Å². The van der Waals surface area contributed by atoms with Gasteiger partial charge in [0.15, 0.2) is 0 Å².